The average molecular weight is 233 g/mol. The van der Waals surface area contributed by atoms with Crippen LogP contribution in [0.1, 0.15) is 25.8 Å². The molecule has 2 rings (SSSR count). The fourth-order valence-electron chi connectivity index (χ4n) is 2.43. The van der Waals surface area contributed by atoms with Crippen LogP contribution in [0.3, 0.4) is 0 Å². The largest absolute Gasteiger partial charge is 0.458 e. The number of benzene rings is 1. The number of ether oxygens (including phenoxy) is 1. The zero-order valence-corrected chi connectivity index (χ0v) is 10.5. The van der Waals surface area contributed by atoms with Gasteiger partial charge in [0.15, 0.2) is 0 Å². The molecule has 0 aromatic heterocycles. The first-order chi connectivity index (χ1) is 8.07. The van der Waals surface area contributed by atoms with Crippen molar-refractivity contribution in [2.75, 3.05) is 13.1 Å². The van der Waals surface area contributed by atoms with E-state index < -0.39 is 0 Å². The summed E-state index contributed by atoms with van der Waals surface area (Å²) in [4.78, 5) is 13.4. The highest BCUT2D eigenvalue weighted by molar-refractivity contribution is 5.66. The van der Waals surface area contributed by atoms with Crippen LogP contribution in [0.2, 0.25) is 0 Å². The molecule has 3 nitrogen and oxygen atoms in total. The van der Waals surface area contributed by atoms with Gasteiger partial charge in [0.1, 0.15) is 5.60 Å². The Labute approximate surface area is 102 Å². The predicted molar refractivity (Wildman–Crippen MR) is 66.5 cm³/mol. The standard InChI is InChI=1S/C14H19NO2/c1-12(16)17-14(2)8-9-15(11-14)10-13-6-4-3-5-7-13/h3-7H,8-11H2,1-2H3. The average Bonchev–Trinajstić information content (AvgIpc) is 2.60. The van der Waals surface area contributed by atoms with Crippen LogP contribution in [-0.4, -0.2) is 29.6 Å². The number of likely N-dealkylation sites (tertiary alicyclic amines) is 1. The molecule has 0 saturated carbocycles. The molecule has 0 aliphatic carbocycles. The zero-order valence-electron chi connectivity index (χ0n) is 10.5. The summed E-state index contributed by atoms with van der Waals surface area (Å²) in [5, 5.41) is 0. The van der Waals surface area contributed by atoms with Gasteiger partial charge < -0.3 is 4.74 Å². The number of hydrogen-bond donors (Lipinski definition) is 0. The van der Waals surface area contributed by atoms with Gasteiger partial charge >= 0.3 is 5.97 Å². The molecule has 1 aromatic rings. The van der Waals surface area contributed by atoms with Gasteiger partial charge in [-0.1, -0.05) is 30.3 Å². The molecule has 17 heavy (non-hydrogen) atoms. The van der Waals surface area contributed by atoms with Crippen molar-refractivity contribution in [1.29, 1.82) is 0 Å². The Morgan fingerprint density at radius 1 is 1.41 bits per heavy atom. The summed E-state index contributed by atoms with van der Waals surface area (Å²) < 4.78 is 5.39. The molecule has 0 spiro atoms. The number of carbonyl (C=O) groups excluding carboxylic acids is 1. The van der Waals surface area contributed by atoms with Crippen molar-refractivity contribution in [3.63, 3.8) is 0 Å². The summed E-state index contributed by atoms with van der Waals surface area (Å²) in [6.45, 7) is 6.22. The van der Waals surface area contributed by atoms with E-state index in [1.165, 1.54) is 12.5 Å². The second-order valence-corrected chi connectivity index (χ2v) is 4.99. The van der Waals surface area contributed by atoms with Crippen LogP contribution in [0.4, 0.5) is 0 Å². The maximum atomic E-state index is 11.0. The Balaban J connectivity index is 1.92. The molecule has 1 atom stereocenters. The molecule has 92 valence electrons. The van der Waals surface area contributed by atoms with Gasteiger partial charge in [-0.25, -0.2) is 0 Å². The van der Waals surface area contributed by atoms with Crippen molar-refractivity contribution in [2.24, 2.45) is 0 Å². The van der Waals surface area contributed by atoms with Gasteiger partial charge in [0.2, 0.25) is 0 Å². The maximum absolute atomic E-state index is 11.0. The first-order valence-corrected chi connectivity index (χ1v) is 6.03. The molecular weight excluding hydrogens is 214 g/mol. The SMILES string of the molecule is CC(=O)OC1(C)CCN(Cc2ccccc2)C1. The fraction of sp³-hybridized carbons (Fsp3) is 0.500. The lowest BCUT2D eigenvalue weighted by Gasteiger charge is -2.24. The predicted octanol–water partition coefficient (Wildman–Crippen LogP) is 2.21. The van der Waals surface area contributed by atoms with Crippen molar-refractivity contribution < 1.29 is 9.53 Å². The quantitative estimate of drug-likeness (QED) is 0.750. The van der Waals surface area contributed by atoms with E-state index in [4.69, 9.17) is 4.74 Å². The number of nitrogens with zero attached hydrogens (tertiary/aromatic N) is 1. The highest BCUT2D eigenvalue weighted by Gasteiger charge is 2.36. The number of rotatable bonds is 3. The van der Waals surface area contributed by atoms with Crippen LogP contribution in [0.5, 0.6) is 0 Å². The van der Waals surface area contributed by atoms with E-state index in [0.29, 0.717) is 0 Å². The molecular formula is C14H19NO2. The molecule has 1 saturated heterocycles. The molecule has 1 aliphatic heterocycles. The van der Waals surface area contributed by atoms with Crippen molar-refractivity contribution >= 4 is 5.97 Å². The lowest BCUT2D eigenvalue weighted by atomic mass is 10.1. The molecule has 0 N–H and O–H groups in total. The minimum atomic E-state index is -0.305. The van der Waals surface area contributed by atoms with E-state index in [0.717, 1.165) is 26.1 Å². The van der Waals surface area contributed by atoms with Crippen LogP contribution in [0.25, 0.3) is 0 Å². The van der Waals surface area contributed by atoms with Crippen LogP contribution in [-0.2, 0) is 16.1 Å². The summed E-state index contributed by atoms with van der Waals surface area (Å²) in [5.74, 6) is -0.186. The van der Waals surface area contributed by atoms with E-state index in [2.05, 4.69) is 29.2 Å². The van der Waals surface area contributed by atoms with Crippen LogP contribution >= 0.6 is 0 Å². The van der Waals surface area contributed by atoms with Crippen LogP contribution in [0.15, 0.2) is 30.3 Å². The molecule has 3 heteroatoms. The monoisotopic (exact) mass is 233 g/mol. The van der Waals surface area contributed by atoms with Crippen molar-refractivity contribution in [2.45, 2.75) is 32.4 Å². The van der Waals surface area contributed by atoms with E-state index in [1.54, 1.807) is 0 Å². The molecule has 0 bridgehead atoms. The molecule has 1 aromatic carbocycles. The smallest absolute Gasteiger partial charge is 0.303 e. The molecule has 1 heterocycles. The lowest BCUT2D eigenvalue weighted by Crippen LogP contribution is -2.34. The minimum absolute atomic E-state index is 0.186. The maximum Gasteiger partial charge on any atom is 0.303 e. The Morgan fingerprint density at radius 3 is 2.76 bits per heavy atom. The second kappa shape index (κ2) is 4.88. The van der Waals surface area contributed by atoms with E-state index in [9.17, 15) is 4.79 Å². The Hall–Kier alpha value is -1.35. The summed E-state index contributed by atoms with van der Waals surface area (Å²) in [6, 6.07) is 10.4. The lowest BCUT2D eigenvalue weighted by molar-refractivity contribution is -0.154. The first-order valence-electron chi connectivity index (χ1n) is 6.03. The van der Waals surface area contributed by atoms with Crippen molar-refractivity contribution in [3.05, 3.63) is 35.9 Å². The number of hydrogen-bond acceptors (Lipinski definition) is 3. The van der Waals surface area contributed by atoms with E-state index in [-0.39, 0.29) is 11.6 Å². The third kappa shape index (κ3) is 3.30. The van der Waals surface area contributed by atoms with Gasteiger partial charge in [-0.3, -0.25) is 9.69 Å². The fourth-order valence-corrected chi connectivity index (χ4v) is 2.43. The zero-order chi connectivity index (χ0) is 12.3. The summed E-state index contributed by atoms with van der Waals surface area (Å²) in [7, 11) is 0. The third-order valence-corrected chi connectivity index (χ3v) is 3.15. The van der Waals surface area contributed by atoms with Gasteiger partial charge in [0.05, 0.1) is 0 Å². The second-order valence-electron chi connectivity index (χ2n) is 4.99. The van der Waals surface area contributed by atoms with Gasteiger partial charge in [-0.15, -0.1) is 0 Å². The number of esters is 1. The summed E-state index contributed by atoms with van der Waals surface area (Å²) in [6.07, 6.45) is 0.916. The van der Waals surface area contributed by atoms with Crippen molar-refractivity contribution in [3.8, 4) is 0 Å². The van der Waals surface area contributed by atoms with Gasteiger partial charge in [0, 0.05) is 33.0 Å². The minimum Gasteiger partial charge on any atom is -0.458 e. The van der Waals surface area contributed by atoms with Crippen LogP contribution < -0.4 is 0 Å². The third-order valence-electron chi connectivity index (χ3n) is 3.15. The topological polar surface area (TPSA) is 29.5 Å². The Bertz CT molecular complexity index is 390. The van der Waals surface area contributed by atoms with E-state index >= 15 is 0 Å². The molecule has 1 unspecified atom stereocenters. The summed E-state index contributed by atoms with van der Waals surface area (Å²) >= 11 is 0. The van der Waals surface area contributed by atoms with Crippen molar-refractivity contribution in [1.82, 2.24) is 4.90 Å². The van der Waals surface area contributed by atoms with Gasteiger partial charge in [-0.05, 0) is 12.5 Å². The molecule has 0 radical (unpaired) electrons. The highest BCUT2D eigenvalue weighted by atomic mass is 16.6. The van der Waals surface area contributed by atoms with E-state index in [1.807, 2.05) is 13.0 Å². The number of carbonyl (C=O) groups is 1. The first kappa shape index (κ1) is 12.1. The highest BCUT2D eigenvalue weighted by Crippen LogP contribution is 2.26. The van der Waals surface area contributed by atoms with Gasteiger partial charge in [0.25, 0.3) is 0 Å². The van der Waals surface area contributed by atoms with Gasteiger partial charge in [-0.2, -0.15) is 0 Å². The summed E-state index contributed by atoms with van der Waals surface area (Å²) in [5.41, 5.74) is 1.00. The normalized spacial score (nSPS) is 24.8. The van der Waals surface area contributed by atoms with Crippen LogP contribution in [0, 0.1) is 0 Å². The molecule has 0 amide bonds. The Kier molecular flexibility index (Phi) is 3.48. The molecule has 1 fully saturated rings. The Morgan fingerprint density at radius 2 is 2.12 bits per heavy atom. The molecule has 1 aliphatic rings.